The fraction of sp³-hybridized carbons (Fsp3) is 0.647. The second kappa shape index (κ2) is 8.05. The molecule has 25 heavy (non-hydrogen) atoms. The predicted octanol–water partition coefficient (Wildman–Crippen LogP) is 4.21. The summed E-state index contributed by atoms with van der Waals surface area (Å²) in [5.74, 6) is 0. The van der Waals surface area contributed by atoms with Crippen LogP contribution in [-0.4, -0.2) is 36.7 Å². The van der Waals surface area contributed by atoms with Gasteiger partial charge < -0.3 is 0 Å². The van der Waals surface area contributed by atoms with Gasteiger partial charge in [-0.1, -0.05) is 32.0 Å². The predicted molar refractivity (Wildman–Crippen MR) is 91.2 cm³/mol. The molecule has 1 atom stereocenters. The summed E-state index contributed by atoms with van der Waals surface area (Å²) in [5, 5.41) is 0. The summed E-state index contributed by atoms with van der Waals surface area (Å²) < 4.78 is 68.7. The Morgan fingerprint density at radius 1 is 1.16 bits per heavy atom. The number of hydrogen-bond acceptors (Lipinski definition) is 2. The van der Waals surface area contributed by atoms with Gasteiger partial charge in [0.15, 0.2) is 0 Å². The van der Waals surface area contributed by atoms with E-state index in [4.69, 9.17) is 0 Å². The molecule has 1 aromatic rings. The van der Waals surface area contributed by atoms with Gasteiger partial charge in [-0.15, -0.1) is 0 Å². The molecule has 0 saturated carbocycles. The van der Waals surface area contributed by atoms with Crippen molar-refractivity contribution in [2.75, 3.05) is 19.6 Å². The van der Waals surface area contributed by atoms with Crippen LogP contribution in [0.25, 0.3) is 0 Å². The van der Waals surface area contributed by atoms with Crippen molar-refractivity contribution in [2.45, 2.75) is 51.7 Å². The van der Waals surface area contributed by atoms with Gasteiger partial charge in [-0.2, -0.15) is 30.2 Å². The van der Waals surface area contributed by atoms with Crippen molar-refractivity contribution in [2.24, 2.45) is 0 Å². The van der Waals surface area contributed by atoms with Gasteiger partial charge in [0.05, 0.1) is 11.6 Å². The highest BCUT2D eigenvalue weighted by Crippen LogP contribution is 2.41. The summed E-state index contributed by atoms with van der Waals surface area (Å²) in [4.78, 5) is 0. The summed E-state index contributed by atoms with van der Waals surface area (Å²) >= 11 is 0. The average Bonchev–Trinajstić information content (AvgIpc) is 3.04. The third-order valence-corrected chi connectivity index (χ3v) is 6.45. The number of benzene rings is 1. The van der Waals surface area contributed by atoms with E-state index in [2.05, 4.69) is 0 Å². The minimum atomic E-state index is -4.50. The van der Waals surface area contributed by atoms with Gasteiger partial charge in [0, 0.05) is 19.6 Å². The van der Waals surface area contributed by atoms with E-state index < -0.39 is 28.0 Å². The van der Waals surface area contributed by atoms with Crippen molar-refractivity contribution in [1.29, 1.82) is 0 Å². The number of alkyl halides is 3. The van der Waals surface area contributed by atoms with Gasteiger partial charge in [-0.05, 0) is 37.3 Å². The molecule has 1 aliphatic heterocycles. The molecule has 0 spiro atoms. The first-order chi connectivity index (χ1) is 11.7. The van der Waals surface area contributed by atoms with Crippen LogP contribution < -0.4 is 0 Å². The smallest absolute Gasteiger partial charge is 0.195 e. The van der Waals surface area contributed by atoms with Gasteiger partial charge >= 0.3 is 6.18 Å². The third-order valence-electron chi connectivity index (χ3n) is 4.40. The number of halogens is 3. The van der Waals surface area contributed by atoms with Crippen molar-refractivity contribution in [3.8, 4) is 0 Å². The fourth-order valence-corrected chi connectivity index (χ4v) is 5.39. The Morgan fingerprint density at radius 3 is 2.32 bits per heavy atom. The number of nitrogens with zero attached hydrogens (tertiary/aromatic N) is 2. The lowest BCUT2D eigenvalue weighted by Crippen LogP contribution is -2.44. The SMILES string of the molecule is CCCN(CCC)S(=O)(=O)N1CCCC1c1ccccc1C(F)(F)F. The third kappa shape index (κ3) is 4.35. The highest BCUT2D eigenvalue weighted by atomic mass is 32.2. The van der Waals surface area contributed by atoms with Crippen LogP contribution in [0, 0.1) is 0 Å². The van der Waals surface area contributed by atoms with Crippen LogP contribution in [0.4, 0.5) is 13.2 Å². The number of hydrogen-bond donors (Lipinski definition) is 0. The molecule has 0 bridgehead atoms. The molecule has 0 aliphatic carbocycles. The van der Waals surface area contributed by atoms with Crippen LogP contribution in [0.15, 0.2) is 24.3 Å². The topological polar surface area (TPSA) is 40.6 Å². The molecule has 1 saturated heterocycles. The second-order valence-corrected chi connectivity index (χ2v) is 8.14. The van der Waals surface area contributed by atoms with E-state index in [0.717, 1.165) is 6.07 Å². The van der Waals surface area contributed by atoms with E-state index in [1.165, 1.54) is 26.8 Å². The van der Waals surface area contributed by atoms with Crippen molar-refractivity contribution in [3.63, 3.8) is 0 Å². The Bertz CT molecular complexity index is 671. The molecule has 0 N–H and O–H groups in total. The van der Waals surface area contributed by atoms with Crippen molar-refractivity contribution in [3.05, 3.63) is 35.4 Å². The monoisotopic (exact) mass is 378 g/mol. The maximum Gasteiger partial charge on any atom is 0.416 e. The van der Waals surface area contributed by atoms with Crippen LogP contribution >= 0.6 is 0 Å². The summed E-state index contributed by atoms with van der Waals surface area (Å²) in [6.07, 6.45) is -2.21. The van der Waals surface area contributed by atoms with E-state index >= 15 is 0 Å². The van der Waals surface area contributed by atoms with E-state index in [0.29, 0.717) is 38.8 Å². The van der Waals surface area contributed by atoms with Gasteiger partial charge in [0.1, 0.15) is 0 Å². The molecule has 142 valence electrons. The molecule has 1 unspecified atom stereocenters. The normalized spacial score (nSPS) is 19.7. The van der Waals surface area contributed by atoms with Gasteiger partial charge in [0.2, 0.25) is 0 Å². The quantitative estimate of drug-likeness (QED) is 0.713. The van der Waals surface area contributed by atoms with Crippen LogP contribution in [0.3, 0.4) is 0 Å². The Labute approximate surface area is 147 Å². The Kier molecular flexibility index (Phi) is 6.51. The molecule has 1 heterocycles. The van der Waals surface area contributed by atoms with E-state index in [1.807, 2.05) is 13.8 Å². The minimum absolute atomic E-state index is 0.0454. The van der Waals surface area contributed by atoms with Crippen LogP contribution in [-0.2, 0) is 16.4 Å². The molecular formula is C17H25F3N2O2S. The second-order valence-electron chi connectivity index (χ2n) is 6.26. The molecule has 0 aromatic heterocycles. The Balaban J connectivity index is 2.41. The summed E-state index contributed by atoms with van der Waals surface area (Å²) in [6.45, 7) is 4.78. The van der Waals surface area contributed by atoms with Crippen molar-refractivity contribution < 1.29 is 21.6 Å². The summed E-state index contributed by atoms with van der Waals surface area (Å²) in [6, 6.07) is 4.52. The van der Waals surface area contributed by atoms with Crippen LogP contribution in [0.1, 0.15) is 56.7 Å². The van der Waals surface area contributed by atoms with Crippen LogP contribution in [0.2, 0.25) is 0 Å². The molecule has 4 nitrogen and oxygen atoms in total. The maximum atomic E-state index is 13.3. The van der Waals surface area contributed by atoms with Crippen LogP contribution in [0.5, 0.6) is 0 Å². The lowest BCUT2D eigenvalue weighted by atomic mass is 9.99. The molecular weight excluding hydrogens is 353 g/mol. The lowest BCUT2D eigenvalue weighted by Gasteiger charge is -2.32. The largest absolute Gasteiger partial charge is 0.416 e. The van der Waals surface area contributed by atoms with Gasteiger partial charge in [-0.3, -0.25) is 0 Å². The zero-order chi connectivity index (χ0) is 18.7. The lowest BCUT2D eigenvalue weighted by molar-refractivity contribution is -0.138. The summed E-state index contributed by atoms with van der Waals surface area (Å²) in [7, 11) is -3.79. The molecule has 1 aromatic carbocycles. The molecule has 1 fully saturated rings. The van der Waals surface area contributed by atoms with E-state index in [9.17, 15) is 21.6 Å². The first-order valence-electron chi connectivity index (χ1n) is 8.66. The van der Waals surface area contributed by atoms with E-state index in [-0.39, 0.29) is 12.1 Å². The highest BCUT2D eigenvalue weighted by molar-refractivity contribution is 7.86. The fourth-order valence-electron chi connectivity index (χ4n) is 3.36. The standard InChI is InChI=1S/C17H25F3N2O2S/c1-3-11-21(12-4-2)25(23,24)22-13-7-10-16(22)14-8-5-6-9-15(14)17(18,19)20/h5-6,8-9,16H,3-4,7,10-13H2,1-2H3. The van der Waals surface area contributed by atoms with Crippen molar-refractivity contribution in [1.82, 2.24) is 8.61 Å². The first-order valence-corrected chi connectivity index (χ1v) is 10.1. The molecule has 2 rings (SSSR count). The molecule has 1 aliphatic rings. The number of rotatable bonds is 7. The summed E-state index contributed by atoms with van der Waals surface area (Å²) in [5.41, 5.74) is -0.705. The average molecular weight is 378 g/mol. The minimum Gasteiger partial charge on any atom is -0.195 e. The molecule has 0 amide bonds. The zero-order valence-electron chi connectivity index (χ0n) is 14.6. The van der Waals surface area contributed by atoms with Gasteiger partial charge in [-0.25, -0.2) is 0 Å². The Hall–Kier alpha value is -1.12. The van der Waals surface area contributed by atoms with Crippen molar-refractivity contribution >= 4 is 10.2 Å². The molecule has 8 heteroatoms. The van der Waals surface area contributed by atoms with Gasteiger partial charge in [0.25, 0.3) is 10.2 Å². The van der Waals surface area contributed by atoms with E-state index in [1.54, 1.807) is 0 Å². The first kappa shape index (κ1) is 20.2. The highest BCUT2D eigenvalue weighted by Gasteiger charge is 2.42. The molecule has 0 radical (unpaired) electrons. The maximum absolute atomic E-state index is 13.3. The zero-order valence-corrected chi connectivity index (χ0v) is 15.4. The Morgan fingerprint density at radius 2 is 1.76 bits per heavy atom.